The Hall–Kier alpha value is -2.81. The molecule has 5 rings (SSSR count). The Morgan fingerprint density at radius 3 is 2.63 bits per heavy atom. The van der Waals surface area contributed by atoms with Gasteiger partial charge in [-0.2, -0.15) is 4.98 Å². The third-order valence-corrected chi connectivity index (χ3v) is 6.32. The maximum atomic E-state index is 13.4. The number of piperidine rings is 1. The summed E-state index contributed by atoms with van der Waals surface area (Å²) in [5.74, 6) is 1.58. The monoisotopic (exact) mass is 412 g/mol. The predicted octanol–water partition coefficient (Wildman–Crippen LogP) is 1.39. The van der Waals surface area contributed by atoms with Crippen molar-refractivity contribution in [3.63, 3.8) is 0 Å². The molecular weight excluding hydrogens is 384 g/mol. The van der Waals surface area contributed by atoms with Crippen molar-refractivity contribution in [2.75, 3.05) is 31.1 Å². The Balaban J connectivity index is 1.53. The number of anilines is 1. The number of likely N-dealkylation sites (tertiary alicyclic amines) is 1. The number of aromatic nitrogens is 4. The molecule has 0 unspecified atom stereocenters. The number of hydrogen-bond donors (Lipinski definition) is 0. The van der Waals surface area contributed by atoms with Gasteiger partial charge in [0.25, 0.3) is 5.56 Å². The van der Waals surface area contributed by atoms with E-state index in [9.17, 15) is 9.59 Å². The number of fused-ring (bicyclic) bond motifs is 3. The van der Waals surface area contributed by atoms with Gasteiger partial charge in [-0.3, -0.25) is 13.9 Å². The van der Waals surface area contributed by atoms with Gasteiger partial charge < -0.3 is 18.8 Å². The van der Waals surface area contributed by atoms with E-state index < -0.39 is 0 Å². The van der Waals surface area contributed by atoms with Crippen LogP contribution in [0.5, 0.6) is 0 Å². The second kappa shape index (κ2) is 7.79. The molecule has 0 aliphatic carbocycles. The van der Waals surface area contributed by atoms with Gasteiger partial charge in [-0.05, 0) is 44.5 Å². The molecule has 2 aliphatic rings. The Bertz CT molecular complexity index is 1150. The Labute approximate surface area is 174 Å². The van der Waals surface area contributed by atoms with E-state index in [1.165, 1.54) is 28.4 Å². The zero-order valence-electron chi connectivity index (χ0n) is 17.4. The summed E-state index contributed by atoms with van der Waals surface area (Å²) < 4.78 is 10.4. The second-order valence-corrected chi connectivity index (χ2v) is 8.29. The summed E-state index contributed by atoms with van der Waals surface area (Å²) in [5, 5.41) is 0. The molecule has 9 nitrogen and oxygen atoms in total. The summed E-state index contributed by atoms with van der Waals surface area (Å²) in [4.78, 5) is 35.5. The van der Waals surface area contributed by atoms with Crippen molar-refractivity contribution in [2.24, 2.45) is 7.05 Å². The topological polar surface area (TPSA) is 81.4 Å². The van der Waals surface area contributed by atoms with Crippen molar-refractivity contribution in [2.45, 2.75) is 45.3 Å². The lowest BCUT2D eigenvalue weighted by Gasteiger charge is -2.28. The third-order valence-electron chi connectivity index (χ3n) is 6.32. The summed E-state index contributed by atoms with van der Waals surface area (Å²) in [7, 11) is 1.71. The van der Waals surface area contributed by atoms with E-state index in [1.807, 2.05) is 16.7 Å². The highest BCUT2D eigenvalue weighted by molar-refractivity contribution is 5.74. The number of rotatable bonds is 5. The van der Waals surface area contributed by atoms with Gasteiger partial charge in [-0.15, -0.1) is 0 Å². The van der Waals surface area contributed by atoms with Gasteiger partial charge >= 0.3 is 5.69 Å². The van der Waals surface area contributed by atoms with Crippen LogP contribution < -0.4 is 16.1 Å². The van der Waals surface area contributed by atoms with E-state index in [2.05, 4.69) is 9.80 Å². The molecule has 0 amide bonds. The molecule has 3 aromatic heterocycles. The van der Waals surface area contributed by atoms with Crippen LogP contribution in [0.2, 0.25) is 0 Å². The number of imidazole rings is 1. The zero-order chi connectivity index (χ0) is 20.7. The summed E-state index contributed by atoms with van der Waals surface area (Å²) in [5.41, 5.74) is 0.455. The molecule has 9 heteroatoms. The average molecular weight is 412 g/mol. The number of hydrogen-bond acceptors (Lipinski definition) is 6. The van der Waals surface area contributed by atoms with Crippen molar-refractivity contribution in [1.82, 2.24) is 23.6 Å². The van der Waals surface area contributed by atoms with E-state index in [0.29, 0.717) is 24.3 Å². The van der Waals surface area contributed by atoms with Gasteiger partial charge in [0.2, 0.25) is 5.95 Å². The molecule has 3 aromatic rings. The van der Waals surface area contributed by atoms with Crippen molar-refractivity contribution in [3.05, 3.63) is 45.0 Å². The molecular formula is C21H28N6O3. The molecule has 2 aliphatic heterocycles. The SMILES string of the molecule is Cn1c(=O)n(CCN2CCCCC2)c(=O)c2c1nc1n2CCCN1Cc1ccco1. The first-order valence-corrected chi connectivity index (χ1v) is 10.8. The van der Waals surface area contributed by atoms with Crippen molar-refractivity contribution in [3.8, 4) is 0 Å². The number of furan rings is 1. The largest absolute Gasteiger partial charge is 0.467 e. The summed E-state index contributed by atoms with van der Waals surface area (Å²) in [6.07, 6.45) is 6.21. The molecule has 0 saturated carbocycles. The molecule has 0 spiro atoms. The van der Waals surface area contributed by atoms with Crippen molar-refractivity contribution >= 4 is 17.1 Å². The molecule has 5 heterocycles. The molecule has 0 bridgehead atoms. The van der Waals surface area contributed by atoms with E-state index in [1.54, 1.807) is 13.3 Å². The van der Waals surface area contributed by atoms with Gasteiger partial charge in [0.15, 0.2) is 11.2 Å². The highest BCUT2D eigenvalue weighted by Gasteiger charge is 2.26. The van der Waals surface area contributed by atoms with Crippen LogP contribution in [0.25, 0.3) is 11.2 Å². The van der Waals surface area contributed by atoms with Gasteiger partial charge in [0, 0.05) is 33.2 Å². The molecule has 1 fully saturated rings. The van der Waals surface area contributed by atoms with Crippen molar-refractivity contribution < 1.29 is 4.42 Å². The van der Waals surface area contributed by atoms with Crippen LogP contribution in [0.1, 0.15) is 31.4 Å². The quantitative estimate of drug-likeness (QED) is 0.630. The third kappa shape index (κ3) is 3.27. The normalized spacial score (nSPS) is 17.6. The van der Waals surface area contributed by atoms with Crippen LogP contribution >= 0.6 is 0 Å². The van der Waals surface area contributed by atoms with E-state index in [-0.39, 0.29) is 11.2 Å². The minimum Gasteiger partial charge on any atom is -0.467 e. The fourth-order valence-corrected chi connectivity index (χ4v) is 4.70. The van der Waals surface area contributed by atoms with Crippen LogP contribution in [-0.2, 0) is 26.7 Å². The second-order valence-electron chi connectivity index (χ2n) is 8.29. The number of aryl methyl sites for hydroxylation is 2. The van der Waals surface area contributed by atoms with Crippen LogP contribution in [-0.4, -0.2) is 49.8 Å². The van der Waals surface area contributed by atoms with Crippen molar-refractivity contribution in [1.29, 1.82) is 0 Å². The van der Waals surface area contributed by atoms with Crippen LogP contribution in [0.15, 0.2) is 32.4 Å². The zero-order valence-corrected chi connectivity index (χ0v) is 17.4. The maximum absolute atomic E-state index is 13.4. The van der Waals surface area contributed by atoms with Crippen LogP contribution in [0, 0.1) is 0 Å². The minimum absolute atomic E-state index is 0.233. The Kier molecular flexibility index (Phi) is 4.98. The van der Waals surface area contributed by atoms with E-state index in [4.69, 9.17) is 9.40 Å². The molecule has 160 valence electrons. The summed E-state index contributed by atoms with van der Waals surface area (Å²) in [6, 6.07) is 3.80. The van der Waals surface area contributed by atoms with E-state index in [0.717, 1.165) is 50.9 Å². The Morgan fingerprint density at radius 1 is 1.03 bits per heavy atom. The molecule has 30 heavy (non-hydrogen) atoms. The van der Waals surface area contributed by atoms with Gasteiger partial charge in [0.05, 0.1) is 12.8 Å². The minimum atomic E-state index is -0.294. The molecule has 0 N–H and O–H groups in total. The summed E-state index contributed by atoms with van der Waals surface area (Å²) >= 11 is 0. The lowest BCUT2D eigenvalue weighted by molar-refractivity contribution is 0.218. The first-order chi connectivity index (χ1) is 14.6. The smallest absolute Gasteiger partial charge is 0.332 e. The highest BCUT2D eigenvalue weighted by Crippen LogP contribution is 2.25. The lowest BCUT2D eigenvalue weighted by atomic mass is 10.1. The molecule has 0 radical (unpaired) electrons. The lowest BCUT2D eigenvalue weighted by Crippen LogP contribution is -2.43. The van der Waals surface area contributed by atoms with Gasteiger partial charge in [0.1, 0.15) is 5.76 Å². The first-order valence-electron chi connectivity index (χ1n) is 10.8. The van der Waals surface area contributed by atoms with Crippen LogP contribution in [0.3, 0.4) is 0 Å². The molecule has 1 saturated heterocycles. The average Bonchev–Trinajstić information content (AvgIpc) is 3.41. The van der Waals surface area contributed by atoms with Crippen LogP contribution in [0.4, 0.5) is 5.95 Å². The standard InChI is InChI=1S/C21H28N6O3/c1-23-18-17(19(28)27(21(23)29)13-12-24-8-3-2-4-9-24)26-11-6-10-25(20(26)22-18)15-16-7-5-14-30-16/h5,7,14H,2-4,6,8-13,15H2,1H3. The van der Waals surface area contributed by atoms with Gasteiger partial charge in [-0.1, -0.05) is 6.42 Å². The summed E-state index contributed by atoms with van der Waals surface area (Å²) in [6.45, 7) is 5.38. The molecule has 0 aromatic carbocycles. The van der Waals surface area contributed by atoms with Gasteiger partial charge in [-0.25, -0.2) is 4.79 Å². The highest BCUT2D eigenvalue weighted by atomic mass is 16.3. The maximum Gasteiger partial charge on any atom is 0.332 e. The molecule has 0 atom stereocenters. The Morgan fingerprint density at radius 2 is 1.87 bits per heavy atom. The fourth-order valence-electron chi connectivity index (χ4n) is 4.70. The first kappa shape index (κ1) is 19.2. The number of nitrogens with zero attached hydrogens (tertiary/aromatic N) is 6. The fraction of sp³-hybridized carbons (Fsp3) is 0.571. The predicted molar refractivity (Wildman–Crippen MR) is 114 cm³/mol. The van der Waals surface area contributed by atoms with E-state index >= 15 is 0 Å².